The first-order chi connectivity index (χ1) is 10.6. The molecular formula is C15H23N5O3. The minimum Gasteiger partial charge on any atom is -0.444 e. The van der Waals surface area contributed by atoms with Crippen LogP contribution in [-0.2, 0) is 17.8 Å². The fourth-order valence-electron chi connectivity index (χ4n) is 2.33. The molecule has 0 aromatic carbocycles. The topological polar surface area (TPSA) is 88.5 Å². The van der Waals surface area contributed by atoms with Gasteiger partial charge in [0.15, 0.2) is 5.82 Å². The van der Waals surface area contributed by atoms with Crippen molar-refractivity contribution in [2.24, 2.45) is 0 Å². The van der Waals surface area contributed by atoms with Gasteiger partial charge in [-0.15, -0.1) is 0 Å². The second-order valence-electron chi connectivity index (χ2n) is 6.27. The van der Waals surface area contributed by atoms with Crippen LogP contribution in [0.25, 0.3) is 5.70 Å². The monoisotopic (exact) mass is 321 g/mol. The second kappa shape index (κ2) is 5.94. The molecule has 126 valence electrons. The molecule has 0 radical (unpaired) electrons. The summed E-state index contributed by atoms with van der Waals surface area (Å²) in [4.78, 5) is 29.5. The van der Waals surface area contributed by atoms with Crippen LogP contribution in [0.3, 0.4) is 0 Å². The Bertz CT molecular complexity index is 657. The number of fused-ring (bicyclic) bond motifs is 1. The van der Waals surface area contributed by atoms with E-state index in [0.717, 1.165) is 5.69 Å². The van der Waals surface area contributed by atoms with Crippen LogP contribution in [0.1, 0.15) is 39.2 Å². The number of anilines is 1. The van der Waals surface area contributed by atoms with Crippen LogP contribution >= 0.6 is 0 Å². The molecule has 23 heavy (non-hydrogen) atoms. The van der Waals surface area contributed by atoms with E-state index < -0.39 is 11.7 Å². The first-order valence-corrected chi connectivity index (χ1v) is 7.44. The first kappa shape index (κ1) is 16.9. The van der Waals surface area contributed by atoms with Gasteiger partial charge in [0.2, 0.25) is 0 Å². The van der Waals surface area contributed by atoms with Crippen LogP contribution in [0.15, 0.2) is 6.58 Å². The van der Waals surface area contributed by atoms with E-state index in [4.69, 9.17) is 4.74 Å². The molecule has 0 atom stereocenters. The number of alkyl carbamates (subject to hydrolysis) is 1. The van der Waals surface area contributed by atoms with Gasteiger partial charge in [-0.1, -0.05) is 6.58 Å². The molecule has 3 amide bonds. The maximum absolute atomic E-state index is 11.8. The standard InChI is InChI=1S/C15H23N5O3/c1-7-20-10(8-16-14(22)23-15(3,4)5)18-12-11(20)9(2)17-13(21)19(12)6/h2,7-8H2,1,3-6H3,(H,16,22)(H,17,21). The summed E-state index contributed by atoms with van der Waals surface area (Å²) in [5, 5.41) is 5.37. The zero-order valence-electron chi connectivity index (χ0n) is 14.2. The molecule has 1 aliphatic heterocycles. The van der Waals surface area contributed by atoms with Crippen molar-refractivity contribution in [1.82, 2.24) is 20.2 Å². The van der Waals surface area contributed by atoms with Crippen molar-refractivity contribution in [3.05, 3.63) is 18.1 Å². The number of imidazole rings is 1. The lowest BCUT2D eigenvalue weighted by Crippen LogP contribution is -2.41. The van der Waals surface area contributed by atoms with Crippen molar-refractivity contribution in [2.75, 3.05) is 11.9 Å². The molecule has 2 rings (SSSR count). The number of rotatable bonds is 3. The van der Waals surface area contributed by atoms with Crippen molar-refractivity contribution < 1.29 is 14.3 Å². The van der Waals surface area contributed by atoms with Crippen LogP contribution in [0.2, 0.25) is 0 Å². The van der Waals surface area contributed by atoms with Crippen LogP contribution in [0.5, 0.6) is 0 Å². The van der Waals surface area contributed by atoms with Gasteiger partial charge in [-0.05, 0) is 27.7 Å². The Kier molecular flexibility index (Phi) is 4.35. The van der Waals surface area contributed by atoms with E-state index in [1.165, 1.54) is 4.90 Å². The number of hydrogen-bond acceptors (Lipinski definition) is 4. The largest absolute Gasteiger partial charge is 0.444 e. The minimum atomic E-state index is -0.561. The van der Waals surface area contributed by atoms with Gasteiger partial charge in [-0.25, -0.2) is 14.6 Å². The number of nitrogens with one attached hydrogen (secondary N) is 2. The molecule has 0 saturated heterocycles. The van der Waals surface area contributed by atoms with E-state index in [1.807, 2.05) is 11.5 Å². The quantitative estimate of drug-likeness (QED) is 0.892. The Labute approximate surface area is 135 Å². The van der Waals surface area contributed by atoms with Gasteiger partial charge in [-0.3, -0.25) is 4.90 Å². The third-order valence-electron chi connectivity index (χ3n) is 3.30. The molecule has 8 heteroatoms. The Hall–Kier alpha value is -2.51. The number of carbonyl (C=O) groups excluding carboxylic acids is 2. The summed E-state index contributed by atoms with van der Waals surface area (Å²) in [5.41, 5.74) is 0.686. The van der Waals surface area contributed by atoms with E-state index >= 15 is 0 Å². The Balaban J connectivity index is 2.23. The molecular weight excluding hydrogens is 298 g/mol. The molecule has 0 saturated carbocycles. The minimum absolute atomic E-state index is 0.199. The third-order valence-corrected chi connectivity index (χ3v) is 3.30. The van der Waals surface area contributed by atoms with Gasteiger partial charge in [0.1, 0.15) is 17.1 Å². The lowest BCUT2D eigenvalue weighted by molar-refractivity contribution is 0.0521. The van der Waals surface area contributed by atoms with Crippen molar-refractivity contribution in [2.45, 2.75) is 46.4 Å². The van der Waals surface area contributed by atoms with Crippen LogP contribution in [-0.4, -0.2) is 34.3 Å². The van der Waals surface area contributed by atoms with Crippen LogP contribution in [0.4, 0.5) is 15.4 Å². The molecule has 1 aromatic rings. The molecule has 8 nitrogen and oxygen atoms in total. The summed E-state index contributed by atoms with van der Waals surface area (Å²) < 4.78 is 7.12. The lowest BCUT2D eigenvalue weighted by Gasteiger charge is -2.24. The predicted molar refractivity (Wildman–Crippen MR) is 86.9 cm³/mol. The van der Waals surface area contributed by atoms with Gasteiger partial charge >= 0.3 is 12.1 Å². The highest BCUT2D eigenvalue weighted by atomic mass is 16.6. The van der Waals surface area contributed by atoms with Crippen molar-refractivity contribution in [3.8, 4) is 0 Å². The predicted octanol–water partition coefficient (Wildman–Crippen LogP) is 2.06. The maximum atomic E-state index is 11.8. The first-order valence-electron chi connectivity index (χ1n) is 7.44. The summed E-state index contributed by atoms with van der Waals surface area (Å²) in [6, 6.07) is -0.282. The number of nitrogens with zero attached hydrogens (tertiary/aromatic N) is 3. The zero-order chi connectivity index (χ0) is 17.4. The fraction of sp³-hybridized carbons (Fsp3) is 0.533. The van der Waals surface area contributed by atoms with E-state index in [1.54, 1.807) is 27.8 Å². The van der Waals surface area contributed by atoms with E-state index in [0.29, 0.717) is 23.9 Å². The summed E-state index contributed by atoms with van der Waals surface area (Å²) in [6.45, 7) is 12.1. The highest BCUT2D eigenvalue weighted by Crippen LogP contribution is 2.29. The summed E-state index contributed by atoms with van der Waals surface area (Å²) in [5.74, 6) is 1.16. The Morgan fingerprint density at radius 2 is 2.09 bits per heavy atom. The highest BCUT2D eigenvalue weighted by Gasteiger charge is 2.30. The van der Waals surface area contributed by atoms with E-state index in [-0.39, 0.29) is 12.6 Å². The number of amides is 3. The van der Waals surface area contributed by atoms with Crippen LogP contribution < -0.4 is 15.5 Å². The van der Waals surface area contributed by atoms with Gasteiger partial charge < -0.3 is 19.9 Å². The average molecular weight is 321 g/mol. The average Bonchev–Trinajstić information content (AvgIpc) is 2.80. The van der Waals surface area contributed by atoms with Crippen molar-refractivity contribution in [3.63, 3.8) is 0 Å². The smallest absolute Gasteiger partial charge is 0.408 e. The van der Waals surface area contributed by atoms with E-state index in [2.05, 4.69) is 22.2 Å². The van der Waals surface area contributed by atoms with Gasteiger partial charge in [0.25, 0.3) is 0 Å². The number of hydrogen-bond donors (Lipinski definition) is 2. The Morgan fingerprint density at radius 1 is 1.43 bits per heavy atom. The molecule has 1 aliphatic rings. The molecule has 0 aliphatic carbocycles. The van der Waals surface area contributed by atoms with Gasteiger partial charge in [0.05, 0.1) is 12.2 Å². The summed E-state index contributed by atoms with van der Waals surface area (Å²) in [7, 11) is 1.64. The summed E-state index contributed by atoms with van der Waals surface area (Å²) >= 11 is 0. The third kappa shape index (κ3) is 3.46. The normalized spacial score (nSPS) is 14.4. The zero-order valence-corrected chi connectivity index (χ0v) is 14.2. The summed E-state index contributed by atoms with van der Waals surface area (Å²) in [6.07, 6.45) is -0.512. The molecule has 1 aromatic heterocycles. The molecule has 2 N–H and O–H groups in total. The lowest BCUT2D eigenvalue weighted by atomic mass is 10.2. The van der Waals surface area contributed by atoms with Crippen LogP contribution in [0, 0.1) is 0 Å². The number of ether oxygens (including phenoxy) is 1. The molecule has 0 spiro atoms. The van der Waals surface area contributed by atoms with E-state index in [9.17, 15) is 9.59 Å². The SMILES string of the molecule is C=C1NC(=O)N(C)c2nc(CNC(=O)OC(C)(C)C)n(CC)c21. The number of aromatic nitrogens is 2. The highest BCUT2D eigenvalue weighted by molar-refractivity contribution is 6.02. The second-order valence-corrected chi connectivity index (χ2v) is 6.27. The molecule has 0 fully saturated rings. The molecule has 0 unspecified atom stereocenters. The van der Waals surface area contributed by atoms with Crippen molar-refractivity contribution >= 4 is 23.6 Å². The van der Waals surface area contributed by atoms with Gasteiger partial charge in [0, 0.05) is 13.6 Å². The maximum Gasteiger partial charge on any atom is 0.408 e. The van der Waals surface area contributed by atoms with Crippen molar-refractivity contribution in [1.29, 1.82) is 0 Å². The molecule has 0 bridgehead atoms. The fourth-order valence-corrected chi connectivity index (χ4v) is 2.33. The molecule has 2 heterocycles. The number of urea groups is 1. The Morgan fingerprint density at radius 3 is 2.65 bits per heavy atom. The van der Waals surface area contributed by atoms with Gasteiger partial charge in [-0.2, -0.15) is 0 Å². The number of carbonyl (C=O) groups is 2.